The first-order valence-corrected chi connectivity index (χ1v) is 6.89. The van der Waals surface area contributed by atoms with Crippen molar-refractivity contribution in [3.8, 4) is 5.88 Å². The second-order valence-electron chi connectivity index (χ2n) is 4.90. The van der Waals surface area contributed by atoms with Gasteiger partial charge in [-0.2, -0.15) is 4.98 Å². The lowest BCUT2D eigenvalue weighted by Gasteiger charge is -2.11. The molecule has 19 heavy (non-hydrogen) atoms. The summed E-state index contributed by atoms with van der Waals surface area (Å²) in [6.07, 6.45) is 2.06. The van der Waals surface area contributed by atoms with Crippen LogP contribution in [0.1, 0.15) is 39.4 Å². The second-order valence-corrected chi connectivity index (χ2v) is 4.90. The zero-order valence-corrected chi connectivity index (χ0v) is 12.4. The zero-order valence-electron chi connectivity index (χ0n) is 12.4. The second kappa shape index (κ2) is 8.69. The number of aromatic nitrogens is 2. The van der Waals surface area contributed by atoms with E-state index in [4.69, 9.17) is 9.47 Å². The van der Waals surface area contributed by atoms with Gasteiger partial charge in [0.1, 0.15) is 12.4 Å². The fourth-order valence-electron chi connectivity index (χ4n) is 1.53. The molecule has 5 nitrogen and oxygen atoms in total. The summed E-state index contributed by atoms with van der Waals surface area (Å²) in [6, 6.07) is 1.84. The largest absolute Gasteiger partial charge is 0.478 e. The Balaban J connectivity index is 2.68. The standard InChI is InChI=1S/C14H25N3O2/c1-5-8-19-14-9-12(15-7-6-11(2)3)16-13(17-14)10-18-4/h9,11H,5-8,10H2,1-4H3,(H,15,16,17). The average molecular weight is 267 g/mol. The Morgan fingerprint density at radius 1 is 1.32 bits per heavy atom. The lowest BCUT2D eigenvalue weighted by Crippen LogP contribution is -2.09. The Morgan fingerprint density at radius 2 is 2.11 bits per heavy atom. The molecular formula is C14H25N3O2. The third-order valence-electron chi connectivity index (χ3n) is 2.50. The minimum absolute atomic E-state index is 0.391. The first kappa shape index (κ1) is 15.7. The molecule has 0 amide bonds. The molecule has 0 aliphatic heterocycles. The molecule has 1 heterocycles. The number of nitrogens with one attached hydrogen (secondary N) is 1. The summed E-state index contributed by atoms with van der Waals surface area (Å²) in [5.74, 6) is 2.72. The molecule has 0 saturated heterocycles. The number of ether oxygens (including phenoxy) is 2. The van der Waals surface area contributed by atoms with Gasteiger partial charge in [-0.1, -0.05) is 20.8 Å². The molecule has 0 aliphatic carbocycles. The van der Waals surface area contributed by atoms with E-state index in [2.05, 4.69) is 36.1 Å². The molecule has 0 unspecified atom stereocenters. The van der Waals surface area contributed by atoms with E-state index in [0.717, 1.165) is 25.2 Å². The molecule has 0 fully saturated rings. The summed E-state index contributed by atoms with van der Waals surface area (Å²) in [7, 11) is 1.63. The van der Waals surface area contributed by atoms with E-state index in [1.807, 2.05) is 6.07 Å². The van der Waals surface area contributed by atoms with Gasteiger partial charge in [-0.25, -0.2) is 4.98 Å². The van der Waals surface area contributed by atoms with Crippen LogP contribution < -0.4 is 10.1 Å². The van der Waals surface area contributed by atoms with Gasteiger partial charge in [-0.3, -0.25) is 0 Å². The molecule has 0 atom stereocenters. The Labute approximate surface area is 115 Å². The SMILES string of the molecule is CCCOc1cc(NCCC(C)C)nc(COC)n1. The fraction of sp³-hybridized carbons (Fsp3) is 0.714. The summed E-state index contributed by atoms with van der Waals surface area (Å²) in [4.78, 5) is 8.71. The molecule has 1 aromatic rings. The van der Waals surface area contributed by atoms with Crippen LogP contribution in [-0.2, 0) is 11.3 Å². The Bertz CT molecular complexity index is 370. The highest BCUT2D eigenvalue weighted by Gasteiger charge is 2.05. The van der Waals surface area contributed by atoms with Crippen LogP contribution in [0.5, 0.6) is 5.88 Å². The van der Waals surface area contributed by atoms with Gasteiger partial charge in [0.2, 0.25) is 5.88 Å². The highest BCUT2D eigenvalue weighted by molar-refractivity contribution is 5.38. The highest BCUT2D eigenvalue weighted by Crippen LogP contribution is 2.15. The van der Waals surface area contributed by atoms with Crippen LogP contribution in [0, 0.1) is 5.92 Å². The molecule has 1 N–H and O–H groups in total. The van der Waals surface area contributed by atoms with Crippen molar-refractivity contribution in [2.75, 3.05) is 25.6 Å². The van der Waals surface area contributed by atoms with Gasteiger partial charge in [0.05, 0.1) is 6.61 Å². The molecular weight excluding hydrogens is 242 g/mol. The molecule has 0 aliphatic rings. The van der Waals surface area contributed by atoms with Crippen LogP contribution in [0.25, 0.3) is 0 Å². The summed E-state index contributed by atoms with van der Waals surface area (Å²) < 4.78 is 10.6. The van der Waals surface area contributed by atoms with Crippen molar-refractivity contribution in [1.29, 1.82) is 0 Å². The van der Waals surface area contributed by atoms with Crippen LogP contribution in [0.2, 0.25) is 0 Å². The van der Waals surface area contributed by atoms with E-state index in [0.29, 0.717) is 30.8 Å². The zero-order chi connectivity index (χ0) is 14.1. The topological polar surface area (TPSA) is 56.3 Å². The number of hydrogen-bond acceptors (Lipinski definition) is 5. The van der Waals surface area contributed by atoms with Crippen molar-refractivity contribution in [2.24, 2.45) is 5.92 Å². The fourth-order valence-corrected chi connectivity index (χ4v) is 1.53. The maximum Gasteiger partial charge on any atom is 0.218 e. The predicted molar refractivity (Wildman–Crippen MR) is 76.5 cm³/mol. The molecule has 1 aromatic heterocycles. The van der Waals surface area contributed by atoms with Crippen molar-refractivity contribution >= 4 is 5.82 Å². The van der Waals surface area contributed by atoms with Crippen LogP contribution in [0.3, 0.4) is 0 Å². The lowest BCUT2D eigenvalue weighted by atomic mass is 10.1. The maximum atomic E-state index is 5.56. The molecule has 0 spiro atoms. The minimum Gasteiger partial charge on any atom is -0.478 e. The number of rotatable bonds is 9. The maximum absolute atomic E-state index is 5.56. The van der Waals surface area contributed by atoms with Gasteiger partial charge in [-0.15, -0.1) is 0 Å². The third-order valence-corrected chi connectivity index (χ3v) is 2.50. The number of nitrogens with zero attached hydrogens (tertiary/aromatic N) is 2. The lowest BCUT2D eigenvalue weighted by molar-refractivity contribution is 0.176. The average Bonchev–Trinajstić information content (AvgIpc) is 2.36. The van der Waals surface area contributed by atoms with Crippen molar-refractivity contribution < 1.29 is 9.47 Å². The minimum atomic E-state index is 0.391. The Kier molecular flexibility index (Phi) is 7.18. The Morgan fingerprint density at radius 3 is 2.74 bits per heavy atom. The first-order valence-electron chi connectivity index (χ1n) is 6.89. The molecule has 1 rings (SSSR count). The highest BCUT2D eigenvalue weighted by atomic mass is 16.5. The van der Waals surface area contributed by atoms with Crippen LogP contribution in [-0.4, -0.2) is 30.2 Å². The quantitative estimate of drug-likeness (QED) is 0.745. The van der Waals surface area contributed by atoms with Crippen LogP contribution in [0.15, 0.2) is 6.07 Å². The first-order chi connectivity index (χ1) is 9.15. The van der Waals surface area contributed by atoms with Gasteiger partial charge >= 0.3 is 0 Å². The van der Waals surface area contributed by atoms with E-state index >= 15 is 0 Å². The number of methoxy groups -OCH3 is 1. The summed E-state index contributed by atoms with van der Waals surface area (Å²) in [5.41, 5.74) is 0. The number of hydrogen-bond donors (Lipinski definition) is 1. The summed E-state index contributed by atoms with van der Waals surface area (Å²) in [6.45, 7) is 8.42. The summed E-state index contributed by atoms with van der Waals surface area (Å²) >= 11 is 0. The van der Waals surface area contributed by atoms with E-state index in [9.17, 15) is 0 Å². The Hall–Kier alpha value is -1.36. The van der Waals surface area contributed by atoms with Crippen molar-refractivity contribution in [3.05, 3.63) is 11.9 Å². The van der Waals surface area contributed by atoms with Crippen LogP contribution >= 0.6 is 0 Å². The monoisotopic (exact) mass is 267 g/mol. The van der Waals surface area contributed by atoms with Crippen molar-refractivity contribution in [2.45, 2.75) is 40.2 Å². The normalized spacial score (nSPS) is 10.8. The molecule has 0 aromatic carbocycles. The van der Waals surface area contributed by atoms with E-state index in [1.54, 1.807) is 7.11 Å². The molecule has 108 valence electrons. The van der Waals surface area contributed by atoms with Gasteiger partial charge < -0.3 is 14.8 Å². The molecule has 0 saturated carbocycles. The summed E-state index contributed by atoms with van der Waals surface area (Å²) in [5, 5.41) is 3.30. The molecule has 0 bridgehead atoms. The predicted octanol–water partition coefficient (Wildman–Crippen LogP) is 2.87. The van der Waals surface area contributed by atoms with E-state index in [-0.39, 0.29) is 0 Å². The van der Waals surface area contributed by atoms with Crippen molar-refractivity contribution in [3.63, 3.8) is 0 Å². The van der Waals surface area contributed by atoms with Gasteiger partial charge in [0, 0.05) is 19.7 Å². The molecule has 5 heteroatoms. The van der Waals surface area contributed by atoms with Crippen molar-refractivity contribution in [1.82, 2.24) is 9.97 Å². The van der Waals surface area contributed by atoms with E-state index < -0.39 is 0 Å². The van der Waals surface area contributed by atoms with Crippen LogP contribution in [0.4, 0.5) is 5.82 Å². The number of anilines is 1. The molecule has 0 radical (unpaired) electrons. The van der Waals surface area contributed by atoms with Gasteiger partial charge in [0.25, 0.3) is 0 Å². The third kappa shape index (κ3) is 6.38. The smallest absolute Gasteiger partial charge is 0.218 e. The van der Waals surface area contributed by atoms with Gasteiger partial charge in [0.15, 0.2) is 5.82 Å². The van der Waals surface area contributed by atoms with Gasteiger partial charge in [-0.05, 0) is 18.8 Å². The van der Waals surface area contributed by atoms with E-state index in [1.165, 1.54) is 0 Å².